The average molecular weight is 341 g/mol. The van der Waals surface area contributed by atoms with Gasteiger partial charge in [0.05, 0.1) is 5.02 Å². The quantitative estimate of drug-likeness (QED) is 0.720. The summed E-state index contributed by atoms with van der Waals surface area (Å²) in [5, 5.41) is 0.621. The van der Waals surface area contributed by atoms with Crippen molar-refractivity contribution >= 4 is 28.8 Å². The zero-order chi connectivity index (χ0) is 16.5. The molecule has 0 saturated carbocycles. The first kappa shape index (κ1) is 15.0. The number of anilines is 1. The molecule has 4 rings (SSSR count). The summed E-state index contributed by atoms with van der Waals surface area (Å²) in [6.45, 7) is 3.05. The van der Waals surface area contributed by atoms with Crippen LogP contribution in [0.2, 0.25) is 5.02 Å². The number of hydrogen-bond acceptors (Lipinski definition) is 3. The fraction of sp³-hybridized carbons (Fsp3) is 0.222. The van der Waals surface area contributed by atoms with Gasteiger partial charge in [-0.1, -0.05) is 29.8 Å². The molecule has 2 aromatic heterocycles. The van der Waals surface area contributed by atoms with Crippen LogP contribution in [-0.2, 0) is 0 Å². The minimum atomic E-state index is -0.0254. The monoisotopic (exact) mass is 340 g/mol. The predicted octanol–water partition coefficient (Wildman–Crippen LogP) is 2.95. The second-order valence-electron chi connectivity index (χ2n) is 5.85. The molecule has 1 aromatic carbocycles. The summed E-state index contributed by atoms with van der Waals surface area (Å²) in [6.07, 6.45) is 3.50. The molecule has 24 heavy (non-hydrogen) atoms. The van der Waals surface area contributed by atoms with E-state index in [4.69, 9.17) is 11.6 Å². The van der Waals surface area contributed by atoms with Crippen molar-refractivity contribution in [3.8, 4) is 0 Å². The lowest BCUT2D eigenvalue weighted by Gasteiger charge is -2.35. The van der Waals surface area contributed by atoms with Gasteiger partial charge in [-0.05, 0) is 24.3 Å². The molecular formula is C18H17ClN4O. The van der Waals surface area contributed by atoms with Crippen molar-refractivity contribution in [1.82, 2.24) is 14.3 Å². The van der Waals surface area contributed by atoms with Gasteiger partial charge in [-0.25, -0.2) is 4.98 Å². The third-order valence-corrected chi connectivity index (χ3v) is 4.55. The summed E-state index contributed by atoms with van der Waals surface area (Å²) in [7, 11) is 0. The molecule has 3 aromatic rings. The van der Waals surface area contributed by atoms with Crippen LogP contribution >= 0.6 is 11.6 Å². The average Bonchev–Trinajstić information content (AvgIpc) is 3.05. The minimum absolute atomic E-state index is 0.0254. The van der Waals surface area contributed by atoms with E-state index in [1.807, 2.05) is 29.2 Å². The van der Waals surface area contributed by atoms with E-state index in [2.05, 4.69) is 22.0 Å². The van der Waals surface area contributed by atoms with Gasteiger partial charge in [-0.15, -0.1) is 0 Å². The highest BCUT2D eigenvalue weighted by molar-refractivity contribution is 6.30. The van der Waals surface area contributed by atoms with E-state index in [0.29, 0.717) is 23.8 Å². The first-order chi connectivity index (χ1) is 11.7. The summed E-state index contributed by atoms with van der Waals surface area (Å²) in [4.78, 5) is 21.3. The Labute approximate surface area is 145 Å². The van der Waals surface area contributed by atoms with Crippen LogP contribution in [0.1, 0.15) is 10.5 Å². The molecule has 1 aliphatic heterocycles. The molecule has 0 unspecified atom stereocenters. The Morgan fingerprint density at radius 2 is 1.71 bits per heavy atom. The van der Waals surface area contributed by atoms with Gasteiger partial charge in [-0.2, -0.15) is 0 Å². The van der Waals surface area contributed by atoms with Gasteiger partial charge < -0.3 is 14.2 Å². The van der Waals surface area contributed by atoms with Crippen LogP contribution in [0.4, 0.5) is 5.69 Å². The second kappa shape index (κ2) is 6.17. The Bertz CT molecular complexity index is 869. The number of carbonyl (C=O) groups is 1. The van der Waals surface area contributed by atoms with Crippen LogP contribution in [-0.4, -0.2) is 46.4 Å². The molecule has 1 amide bonds. The Morgan fingerprint density at radius 1 is 0.958 bits per heavy atom. The van der Waals surface area contributed by atoms with E-state index in [0.717, 1.165) is 18.7 Å². The maximum absolute atomic E-state index is 12.7. The summed E-state index contributed by atoms with van der Waals surface area (Å²) in [6, 6.07) is 13.9. The SMILES string of the molecule is O=C(c1cn2cc(Cl)ccc2n1)N1CCN(c2ccccc2)CC1. The van der Waals surface area contributed by atoms with Crippen molar-refractivity contribution in [3.63, 3.8) is 0 Å². The van der Waals surface area contributed by atoms with E-state index in [-0.39, 0.29) is 5.91 Å². The number of para-hydroxylation sites is 1. The van der Waals surface area contributed by atoms with Crippen molar-refractivity contribution in [2.45, 2.75) is 0 Å². The number of halogens is 1. The van der Waals surface area contributed by atoms with Gasteiger partial charge in [0, 0.05) is 44.3 Å². The molecule has 1 aliphatic rings. The maximum atomic E-state index is 12.7. The van der Waals surface area contributed by atoms with E-state index in [9.17, 15) is 4.79 Å². The third kappa shape index (κ3) is 2.83. The molecular weight excluding hydrogens is 324 g/mol. The van der Waals surface area contributed by atoms with Crippen LogP contribution in [0.15, 0.2) is 54.9 Å². The van der Waals surface area contributed by atoms with Crippen molar-refractivity contribution in [3.05, 3.63) is 65.6 Å². The molecule has 0 spiro atoms. The smallest absolute Gasteiger partial charge is 0.274 e. The van der Waals surface area contributed by atoms with E-state index in [1.54, 1.807) is 22.9 Å². The van der Waals surface area contributed by atoms with E-state index >= 15 is 0 Å². The van der Waals surface area contributed by atoms with Gasteiger partial charge in [0.1, 0.15) is 11.3 Å². The van der Waals surface area contributed by atoms with Gasteiger partial charge in [0.2, 0.25) is 0 Å². The topological polar surface area (TPSA) is 40.9 Å². The second-order valence-corrected chi connectivity index (χ2v) is 6.29. The summed E-state index contributed by atoms with van der Waals surface area (Å²) in [5.41, 5.74) is 2.39. The largest absolute Gasteiger partial charge is 0.368 e. The lowest BCUT2D eigenvalue weighted by molar-refractivity contribution is 0.0741. The summed E-state index contributed by atoms with van der Waals surface area (Å²) >= 11 is 5.98. The van der Waals surface area contributed by atoms with Crippen molar-refractivity contribution in [2.75, 3.05) is 31.1 Å². The molecule has 0 bridgehead atoms. The molecule has 1 saturated heterocycles. The summed E-state index contributed by atoms with van der Waals surface area (Å²) in [5.74, 6) is -0.0254. The molecule has 122 valence electrons. The lowest BCUT2D eigenvalue weighted by Crippen LogP contribution is -2.48. The Kier molecular flexibility index (Phi) is 3.86. The highest BCUT2D eigenvalue weighted by Crippen LogP contribution is 2.17. The van der Waals surface area contributed by atoms with Crippen LogP contribution in [0.5, 0.6) is 0 Å². The van der Waals surface area contributed by atoms with Gasteiger partial charge in [0.15, 0.2) is 0 Å². The molecule has 3 heterocycles. The van der Waals surface area contributed by atoms with Gasteiger partial charge in [-0.3, -0.25) is 4.79 Å². The molecule has 0 radical (unpaired) electrons. The number of pyridine rings is 1. The van der Waals surface area contributed by atoms with Crippen LogP contribution in [0.25, 0.3) is 5.65 Å². The molecule has 0 atom stereocenters. The van der Waals surface area contributed by atoms with Crippen LogP contribution < -0.4 is 4.90 Å². The van der Waals surface area contributed by atoms with Gasteiger partial charge in [0.25, 0.3) is 5.91 Å². The van der Waals surface area contributed by atoms with E-state index in [1.165, 1.54) is 5.69 Å². The minimum Gasteiger partial charge on any atom is -0.368 e. The van der Waals surface area contributed by atoms with Crippen LogP contribution in [0.3, 0.4) is 0 Å². The van der Waals surface area contributed by atoms with E-state index < -0.39 is 0 Å². The number of benzene rings is 1. The Morgan fingerprint density at radius 3 is 2.46 bits per heavy atom. The number of hydrogen-bond donors (Lipinski definition) is 0. The normalized spacial score (nSPS) is 15.0. The van der Waals surface area contributed by atoms with Gasteiger partial charge >= 0.3 is 0 Å². The van der Waals surface area contributed by atoms with Crippen LogP contribution in [0, 0.1) is 0 Å². The predicted molar refractivity (Wildman–Crippen MR) is 94.8 cm³/mol. The maximum Gasteiger partial charge on any atom is 0.274 e. The number of piperazine rings is 1. The first-order valence-electron chi connectivity index (χ1n) is 7.94. The highest BCUT2D eigenvalue weighted by Gasteiger charge is 2.24. The Hall–Kier alpha value is -2.53. The number of fused-ring (bicyclic) bond motifs is 1. The Balaban J connectivity index is 1.47. The number of imidazole rings is 1. The molecule has 0 N–H and O–H groups in total. The standard InChI is InChI=1S/C18H17ClN4O/c19-14-6-7-17-20-16(13-23(17)12-14)18(24)22-10-8-21(9-11-22)15-4-2-1-3-5-15/h1-7,12-13H,8-11H2. The lowest BCUT2D eigenvalue weighted by atomic mass is 10.2. The van der Waals surface area contributed by atoms with Crippen molar-refractivity contribution in [1.29, 1.82) is 0 Å². The zero-order valence-corrected chi connectivity index (χ0v) is 13.9. The van der Waals surface area contributed by atoms with Crippen molar-refractivity contribution < 1.29 is 4.79 Å². The van der Waals surface area contributed by atoms with Crippen molar-refractivity contribution in [2.24, 2.45) is 0 Å². The molecule has 6 heteroatoms. The summed E-state index contributed by atoms with van der Waals surface area (Å²) < 4.78 is 1.79. The number of aromatic nitrogens is 2. The number of nitrogens with zero attached hydrogens (tertiary/aromatic N) is 4. The number of carbonyl (C=O) groups excluding carboxylic acids is 1. The molecule has 5 nitrogen and oxygen atoms in total. The number of amides is 1. The molecule has 0 aliphatic carbocycles. The third-order valence-electron chi connectivity index (χ3n) is 4.32. The highest BCUT2D eigenvalue weighted by atomic mass is 35.5. The fourth-order valence-electron chi connectivity index (χ4n) is 3.04. The number of rotatable bonds is 2. The molecule has 1 fully saturated rings. The zero-order valence-electron chi connectivity index (χ0n) is 13.1. The first-order valence-corrected chi connectivity index (χ1v) is 8.32. The fourth-order valence-corrected chi connectivity index (χ4v) is 3.20.